The monoisotopic (exact) mass is 434 g/mol. The maximum atomic E-state index is 6.49. The Morgan fingerprint density at radius 3 is 2.70 bits per heavy atom. The van der Waals surface area contributed by atoms with Crippen molar-refractivity contribution in [2.45, 2.75) is 63.7 Å². The van der Waals surface area contributed by atoms with Crippen LogP contribution in [0.2, 0.25) is 0 Å². The van der Waals surface area contributed by atoms with Gasteiger partial charge in [-0.25, -0.2) is 0 Å². The van der Waals surface area contributed by atoms with Gasteiger partial charge in [0.1, 0.15) is 6.10 Å². The molecule has 1 aromatic heterocycles. The lowest BCUT2D eigenvalue weighted by molar-refractivity contribution is -0.154. The Balaban J connectivity index is 1.69. The van der Waals surface area contributed by atoms with Gasteiger partial charge in [-0.1, -0.05) is 25.7 Å². The van der Waals surface area contributed by atoms with Gasteiger partial charge in [-0.2, -0.15) is 5.10 Å². The van der Waals surface area contributed by atoms with Crippen LogP contribution in [0.25, 0.3) is 0 Å². The Morgan fingerprint density at radius 1 is 1.30 bits per heavy atom. The number of aromatic nitrogens is 2. The number of hydrogen-bond donors (Lipinski definition) is 0. The number of hydrogen-bond acceptors (Lipinski definition) is 4. The Kier molecular flexibility index (Phi) is 6.34. The minimum absolute atomic E-state index is 0.0720. The number of halogens is 1. The molecular weight excluding hydrogens is 407 g/mol. The topological polar surface area (TPSA) is 45.5 Å². The highest BCUT2D eigenvalue weighted by molar-refractivity contribution is 14.1. The fourth-order valence-corrected chi connectivity index (χ4v) is 3.88. The number of nitrogens with zero attached hydrogens (tertiary/aromatic N) is 2. The Bertz CT molecular complexity index is 492. The SMILES string of the molecule is Cc1c(I)cnn1CC1(OCC2COCCO2)CCCCCC1. The van der Waals surface area contributed by atoms with Gasteiger partial charge in [0.25, 0.3) is 0 Å². The second-order valence-electron chi connectivity index (χ2n) is 6.71. The zero-order valence-corrected chi connectivity index (χ0v) is 16.1. The molecule has 3 rings (SSSR count). The molecule has 0 amide bonds. The van der Waals surface area contributed by atoms with E-state index in [0.717, 1.165) is 19.4 Å². The summed E-state index contributed by atoms with van der Waals surface area (Å²) in [5.74, 6) is 0. The molecule has 2 fully saturated rings. The van der Waals surface area contributed by atoms with Crippen LogP contribution in [0.1, 0.15) is 44.2 Å². The van der Waals surface area contributed by atoms with Crippen LogP contribution in [0.5, 0.6) is 0 Å². The van der Waals surface area contributed by atoms with Gasteiger partial charge in [0.15, 0.2) is 0 Å². The summed E-state index contributed by atoms with van der Waals surface area (Å²) in [6, 6.07) is 0. The number of rotatable bonds is 5. The van der Waals surface area contributed by atoms with E-state index in [9.17, 15) is 0 Å². The van der Waals surface area contributed by atoms with E-state index in [4.69, 9.17) is 14.2 Å². The molecule has 2 heterocycles. The first-order chi connectivity index (χ1) is 11.2. The van der Waals surface area contributed by atoms with Crippen LogP contribution in [-0.4, -0.2) is 47.9 Å². The second-order valence-corrected chi connectivity index (χ2v) is 7.87. The summed E-state index contributed by atoms with van der Waals surface area (Å²) in [6.45, 7) is 5.63. The van der Waals surface area contributed by atoms with Crippen molar-refractivity contribution < 1.29 is 14.2 Å². The molecule has 1 aliphatic heterocycles. The highest BCUT2D eigenvalue weighted by atomic mass is 127. The zero-order valence-electron chi connectivity index (χ0n) is 13.9. The Morgan fingerprint density at radius 2 is 2.09 bits per heavy atom. The molecule has 0 aromatic carbocycles. The first kappa shape index (κ1) is 17.6. The lowest BCUT2D eigenvalue weighted by atomic mass is 9.94. The maximum absolute atomic E-state index is 6.49. The molecule has 1 unspecified atom stereocenters. The molecule has 1 atom stereocenters. The Hall–Kier alpha value is -0.180. The first-order valence-electron chi connectivity index (χ1n) is 8.70. The molecule has 6 heteroatoms. The number of ether oxygens (including phenoxy) is 3. The summed E-state index contributed by atoms with van der Waals surface area (Å²) in [6.07, 6.45) is 9.32. The van der Waals surface area contributed by atoms with Gasteiger partial charge >= 0.3 is 0 Å². The molecule has 0 radical (unpaired) electrons. The van der Waals surface area contributed by atoms with Gasteiger partial charge < -0.3 is 14.2 Å². The minimum Gasteiger partial charge on any atom is -0.376 e. The molecule has 1 aliphatic carbocycles. The predicted octanol–water partition coefficient (Wildman–Crippen LogP) is 3.32. The summed E-state index contributed by atoms with van der Waals surface area (Å²) < 4.78 is 21.1. The maximum Gasteiger partial charge on any atom is 0.104 e. The van der Waals surface area contributed by atoms with E-state index in [0.29, 0.717) is 26.4 Å². The quantitative estimate of drug-likeness (QED) is 0.527. The summed E-state index contributed by atoms with van der Waals surface area (Å²) in [5.41, 5.74) is 1.12. The van der Waals surface area contributed by atoms with E-state index in [1.807, 2.05) is 6.20 Å². The first-order valence-corrected chi connectivity index (χ1v) is 9.78. The van der Waals surface area contributed by atoms with Crippen LogP contribution in [0.15, 0.2) is 6.20 Å². The third-order valence-electron chi connectivity index (χ3n) is 4.96. The van der Waals surface area contributed by atoms with Gasteiger partial charge in [0.05, 0.1) is 48.3 Å². The van der Waals surface area contributed by atoms with Crippen molar-refractivity contribution in [1.29, 1.82) is 0 Å². The van der Waals surface area contributed by atoms with Gasteiger partial charge in [-0.15, -0.1) is 0 Å². The second kappa shape index (κ2) is 8.27. The van der Waals surface area contributed by atoms with Crippen LogP contribution < -0.4 is 0 Å². The summed E-state index contributed by atoms with van der Waals surface area (Å²) in [4.78, 5) is 0. The third-order valence-corrected chi connectivity index (χ3v) is 6.02. The minimum atomic E-state index is -0.114. The summed E-state index contributed by atoms with van der Waals surface area (Å²) >= 11 is 2.35. The van der Waals surface area contributed by atoms with Crippen molar-refractivity contribution in [2.75, 3.05) is 26.4 Å². The van der Waals surface area contributed by atoms with E-state index < -0.39 is 0 Å². The standard InChI is InChI=1S/C17H27IN2O3/c1-14-16(18)10-19-20(14)13-17(6-4-2-3-5-7-17)23-12-15-11-21-8-9-22-15/h10,15H,2-9,11-13H2,1H3. The van der Waals surface area contributed by atoms with Gasteiger partial charge in [0, 0.05) is 5.69 Å². The third kappa shape index (κ3) is 4.67. The Labute approximate surface area is 152 Å². The molecular formula is C17H27IN2O3. The average Bonchev–Trinajstić information content (AvgIpc) is 2.79. The molecule has 1 saturated heterocycles. The average molecular weight is 434 g/mol. The highest BCUT2D eigenvalue weighted by Crippen LogP contribution is 2.33. The van der Waals surface area contributed by atoms with Gasteiger partial charge in [0.2, 0.25) is 0 Å². The summed E-state index contributed by atoms with van der Waals surface area (Å²) in [7, 11) is 0. The van der Waals surface area contributed by atoms with Gasteiger partial charge in [-0.3, -0.25) is 4.68 Å². The van der Waals surface area contributed by atoms with Crippen LogP contribution in [0, 0.1) is 10.5 Å². The molecule has 1 aromatic rings. The lowest BCUT2D eigenvalue weighted by Gasteiger charge is -2.35. The molecule has 23 heavy (non-hydrogen) atoms. The van der Waals surface area contributed by atoms with E-state index >= 15 is 0 Å². The van der Waals surface area contributed by atoms with Crippen molar-refractivity contribution in [3.8, 4) is 0 Å². The van der Waals surface area contributed by atoms with Crippen molar-refractivity contribution in [3.63, 3.8) is 0 Å². The highest BCUT2D eigenvalue weighted by Gasteiger charge is 2.34. The van der Waals surface area contributed by atoms with E-state index in [2.05, 4.69) is 39.3 Å². The fraction of sp³-hybridized carbons (Fsp3) is 0.824. The van der Waals surface area contributed by atoms with Crippen molar-refractivity contribution in [2.24, 2.45) is 0 Å². The van der Waals surface area contributed by atoms with Crippen molar-refractivity contribution in [3.05, 3.63) is 15.5 Å². The van der Waals surface area contributed by atoms with Crippen LogP contribution in [-0.2, 0) is 20.8 Å². The van der Waals surface area contributed by atoms with E-state index in [1.54, 1.807) is 0 Å². The molecule has 5 nitrogen and oxygen atoms in total. The summed E-state index contributed by atoms with van der Waals surface area (Å²) in [5, 5.41) is 4.55. The largest absolute Gasteiger partial charge is 0.376 e. The van der Waals surface area contributed by atoms with Crippen LogP contribution >= 0.6 is 22.6 Å². The van der Waals surface area contributed by atoms with Crippen LogP contribution in [0.3, 0.4) is 0 Å². The zero-order chi connectivity index (χ0) is 16.1. The molecule has 0 spiro atoms. The van der Waals surface area contributed by atoms with Crippen molar-refractivity contribution >= 4 is 22.6 Å². The van der Waals surface area contributed by atoms with E-state index in [1.165, 1.54) is 34.9 Å². The predicted molar refractivity (Wildman–Crippen MR) is 96.6 cm³/mol. The van der Waals surface area contributed by atoms with Crippen molar-refractivity contribution in [1.82, 2.24) is 9.78 Å². The smallest absolute Gasteiger partial charge is 0.104 e. The van der Waals surface area contributed by atoms with Gasteiger partial charge in [-0.05, 0) is 42.4 Å². The van der Waals surface area contributed by atoms with Crippen LogP contribution in [0.4, 0.5) is 0 Å². The molecule has 2 aliphatic rings. The molecule has 130 valence electrons. The fourth-order valence-electron chi connectivity index (χ4n) is 3.48. The lowest BCUT2D eigenvalue weighted by Crippen LogP contribution is -2.42. The molecule has 0 bridgehead atoms. The molecule has 1 saturated carbocycles. The molecule has 0 N–H and O–H groups in total. The normalized spacial score (nSPS) is 25.2. The van der Waals surface area contributed by atoms with E-state index in [-0.39, 0.29) is 11.7 Å².